The zero-order valence-electron chi connectivity index (χ0n) is 13.8. The number of aromatic nitrogens is 1. The summed E-state index contributed by atoms with van der Waals surface area (Å²) in [6.45, 7) is 0.599. The molecule has 2 aromatic rings. The number of primary amides is 1. The first-order chi connectivity index (χ1) is 11.5. The van der Waals surface area contributed by atoms with Gasteiger partial charge in [-0.3, -0.25) is 14.6 Å². The van der Waals surface area contributed by atoms with E-state index in [1.54, 1.807) is 11.0 Å². The normalized spacial score (nSPS) is 16.8. The van der Waals surface area contributed by atoms with Gasteiger partial charge in [0.05, 0.1) is 5.56 Å². The minimum Gasteiger partial charge on any atom is -0.366 e. The Balaban J connectivity index is 1.94. The van der Waals surface area contributed by atoms with E-state index >= 15 is 0 Å². The van der Waals surface area contributed by atoms with Gasteiger partial charge in [-0.25, -0.2) is 0 Å². The Morgan fingerprint density at radius 2 is 1.96 bits per heavy atom. The molecule has 0 saturated heterocycles. The Morgan fingerprint density at radius 1 is 1.21 bits per heavy atom. The molecule has 2 amide bonds. The Labute approximate surface area is 140 Å². The van der Waals surface area contributed by atoms with Gasteiger partial charge in [0.1, 0.15) is 5.69 Å². The van der Waals surface area contributed by atoms with Crippen LogP contribution >= 0.6 is 0 Å². The van der Waals surface area contributed by atoms with E-state index in [0.717, 1.165) is 17.7 Å². The molecule has 1 aromatic carbocycles. The number of carbonyl (C=O) groups is 2. The van der Waals surface area contributed by atoms with Crippen molar-refractivity contribution in [1.82, 2.24) is 9.88 Å². The molecule has 6 heteroatoms. The molecule has 1 aromatic heterocycles. The molecule has 124 valence electrons. The number of nitrogens with zero attached hydrogens (tertiary/aromatic N) is 3. The Hall–Kier alpha value is -2.73. The van der Waals surface area contributed by atoms with E-state index in [-0.39, 0.29) is 17.5 Å². The SMILES string of the molecule is CN(C)C1Cc2ccccc2N(C(=O)c2ccc(C(N)=O)cn2)C1. The van der Waals surface area contributed by atoms with Crippen LogP contribution in [0.1, 0.15) is 26.4 Å². The fourth-order valence-electron chi connectivity index (χ4n) is 2.92. The Morgan fingerprint density at radius 3 is 2.58 bits per heavy atom. The summed E-state index contributed by atoms with van der Waals surface area (Å²) in [5.74, 6) is -0.734. The molecule has 1 unspecified atom stereocenters. The summed E-state index contributed by atoms with van der Waals surface area (Å²) < 4.78 is 0. The first-order valence-corrected chi connectivity index (χ1v) is 7.79. The van der Waals surface area contributed by atoms with Crippen molar-refractivity contribution in [3.63, 3.8) is 0 Å². The van der Waals surface area contributed by atoms with Crippen LogP contribution in [0.3, 0.4) is 0 Å². The number of fused-ring (bicyclic) bond motifs is 1. The lowest BCUT2D eigenvalue weighted by molar-refractivity contribution is 0.0966. The first-order valence-electron chi connectivity index (χ1n) is 7.79. The molecular formula is C18H20N4O2. The van der Waals surface area contributed by atoms with Crippen LogP contribution in [-0.2, 0) is 6.42 Å². The number of amides is 2. The zero-order valence-corrected chi connectivity index (χ0v) is 13.8. The van der Waals surface area contributed by atoms with Crippen LogP contribution in [0, 0.1) is 0 Å². The van der Waals surface area contributed by atoms with Crippen molar-refractivity contribution < 1.29 is 9.59 Å². The fraction of sp³-hybridized carbons (Fsp3) is 0.278. The molecule has 3 rings (SSSR count). The number of para-hydroxylation sites is 1. The maximum Gasteiger partial charge on any atom is 0.276 e. The molecule has 0 fully saturated rings. The second kappa shape index (κ2) is 6.41. The van der Waals surface area contributed by atoms with Gasteiger partial charge >= 0.3 is 0 Å². The monoisotopic (exact) mass is 324 g/mol. The summed E-state index contributed by atoms with van der Waals surface area (Å²) in [6, 6.07) is 11.2. The number of anilines is 1. The maximum absolute atomic E-state index is 12.9. The lowest BCUT2D eigenvalue weighted by Gasteiger charge is -2.37. The van der Waals surface area contributed by atoms with Crippen molar-refractivity contribution in [3.05, 3.63) is 59.4 Å². The number of pyridine rings is 1. The number of carbonyl (C=O) groups excluding carboxylic acids is 2. The summed E-state index contributed by atoms with van der Waals surface area (Å²) in [5.41, 5.74) is 7.87. The van der Waals surface area contributed by atoms with Crippen LogP contribution in [-0.4, -0.2) is 48.4 Å². The molecule has 0 bridgehead atoms. The van der Waals surface area contributed by atoms with Crippen LogP contribution < -0.4 is 10.6 Å². The van der Waals surface area contributed by atoms with Gasteiger partial charge in [-0.1, -0.05) is 18.2 Å². The third-order valence-corrected chi connectivity index (χ3v) is 4.37. The third-order valence-electron chi connectivity index (χ3n) is 4.37. The van der Waals surface area contributed by atoms with E-state index in [9.17, 15) is 9.59 Å². The van der Waals surface area contributed by atoms with Crippen molar-refractivity contribution in [3.8, 4) is 0 Å². The topological polar surface area (TPSA) is 79.5 Å². The lowest BCUT2D eigenvalue weighted by atomic mass is 9.97. The van der Waals surface area contributed by atoms with Gasteiger partial charge in [-0.15, -0.1) is 0 Å². The van der Waals surface area contributed by atoms with Crippen LogP contribution in [0.2, 0.25) is 0 Å². The van der Waals surface area contributed by atoms with E-state index < -0.39 is 5.91 Å². The molecule has 2 N–H and O–H groups in total. The smallest absolute Gasteiger partial charge is 0.276 e. The van der Waals surface area contributed by atoms with Gasteiger partial charge in [-0.2, -0.15) is 0 Å². The molecule has 0 aliphatic carbocycles. The number of rotatable bonds is 3. The molecule has 6 nitrogen and oxygen atoms in total. The van der Waals surface area contributed by atoms with Crippen LogP contribution in [0.15, 0.2) is 42.6 Å². The Kier molecular flexibility index (Phi) is 4.31. The lowest BCUT2D eigenvalue weighted by Crippen LogP contribution is -2.48. The molecular weight excluding hydrogens is 304 g/mol. The van der Waals surface area contributed by atoms with Crippen molar-refractivity contribution >= 4 is 17.5 Å². The van der Waals surface area contributed by atoms with E-state index in [0.29, 0.717) is 12.2 Å². The van der Waals surface area contributed by atoms with Crippen molar-refractivity contribution in [2.75, 3.05) is 25.5 Å². The summed E-state index contributed by atoms with van der Waals surface area (Å²) in [6.07, 6.45) is 2.25. The number of nitrogens with two attached hydrogens (primary N) is 1. The van der Waals surface area contributed by atoms with Gasteiger partial charge in [0.25, 0.3) is 5.91 Å². The summed E-state index contributed by atoms with van der Waals surface area (Å²) in [4.78, 5) is 32.1. The molecule has 1 atom stereocenters. The average molecular weight is 324 g/mol. The maximum atomic E-state index is 12.9. The highest BCUT2D eigenvalue weighted by molar-refractivity contribution is 6.06. The predicted octanol–water partition coefficient (Wildman–Crippen LogP) is 1.31. The van der Waals surface area contributed by atoms with Crippen molar-refractivity contribution in [1.29, 1.82) is 0 Å². The molecule has 0 radical (unpaired) electrons. The van der Waals surface area contributed by atoms with Crippen LogP contribution in [0.4, 0.5) is 5.69 Å². The van der Waals surface area contributed by atoms with Gasteiger partial charge in [0.2, 0.25) is 5.91 Å². The standard InChI is InChI=1S/C18H20N4O2/c1-21(2)14-9-12-5-3-4-6-16(12)22(11-14)18(24)15-8-7-13(10-20-15)17(19)23/h3-8,10,14H,9,11H2,1-2H3,(H2,19,23). The molecule has 1 aliphatic heterocycles. The van der Waals surface area contributed by atoms with E-state index in [1.807, 2.05) is 32.3 Å². The zero-order chi connectivity index (χ0) is 17.3. The van der Waals surface area contributed by atoms with E-state index in [4.69, 9.17) is 5.73 Å². The van der Waals surface area contributed by atoms with Crippen LogP contribution in [0.25, 0.3) is 0 Å². The molecule has 24 heavy (non-hydrogen) atoms. The predicted molar refractivity (Wildman–Crippen MR) is 92.1 cm³/mol. The average Bonchev–Trinajstić information content (AvgIpc) is 2.60. The summed E-state index contributed by atoms with van der Waals surface area (Å²) in [7, 11) is 4.03. The van der Waals surface area contributed by atoms with Gasteiger partial charge < -0.3 is 15.5 Å². The minimum absolute atomic E-state index is 0.176. The largest absolute Gasteiger partial charge is 0.366 e. The van der Waals surface area contributed by atoms with E-state index in [1.165, 1.54) is 12.3 Å². The van der Waals surface area contributed by atoms with Gasteiger partial charge in [0.15, 0.2) is 0 Å². The molecule has 1 aliphatic rings. The van der Waals surface area contributed by atoms with Gasteiger partial charge in [-0.05, 0) is 44.3 Å². The number of hydrogen-bond donors (Lipinski definition) is 1. The Bertz CT molecular complexity index is 771. The highest BCUT2D eigenvalue weighted by Gasteiger charge is 2.30. The third kappa shape index (κ3) is 3.00. The highest BCUT2D eigenvalue weighted by atomic mass is 16.2. The fourth-order valence-corrected chi connectivity index (χ4v) is 2.92. The summed E-state index contributed by atoms with van der Waals surface area (Å²) in [5, 5.41) is 0. The van der Waals surface area contributed by atoms with Gasteiger partial charge in [0, 0.05) is 24.5 Å². The number of benzene rings is 1. The van der Waals surface area contributed by atoms with Crippen molar-refractivity contribution in [2.24, 2.45) is 5.73 Å². The molecule has 0 saturated carbocycles. The highest BCUT2D eigenvalue weighted by Crippen LogP contribution is 2.29. The molecule has 0 spiro atoms. The second-order valence-electron chi connectivity index (χ2n) is 6.16. The number of hydrogen-bond acceptors (Lipinski definition) is 4. The number of likely N-dealkylation sites (N-methyl/N-ethyl adjacent to an activating group) is 1. The summed E-state index contributed by atoms with van der Waals surface area (Å²) >= 11 is 0. The van der Waals surface area contributed by atoms with E-state index in [2.05, 4.69) is 16.0 Å². The van der Waals surface area contributed by atoms with Crippen LogP contribution in [0.5, 0.6) is 0 Å². The molecule has 2 heterocycles. The quantitative estimate of drug-likeness (QED) is 0.923. The second-order valence-corrected chi connectivity index (χ2v) is 6.16. The minimum atomic E-state index is -0.558. The first kappa shape index (κ1) is 16.1. The van der Waals surface area contributed by atoms with Crippen molar-refractivity contribution in [2.45, 2.75) is 12.5 Å².